The SMILES string of the molecule is C=C/C=C(\c1cc[nH]c1C)C1CC[C@H](C(=O)N[C@@H](C)[C@@H](O)c2cc(C)c(C)cn2)C2(CC1)CC2. The van der Waals surface area contributed by atoms with Crippen LogP contribution in [0, 0.1) is 38.0 Å². The van der Waals surface area contributed by atoms with E-state index in [1.54, 1.807) is 6.20 Å². The first-order chi connectivity index (χ1) is 16.3. The van der Waals surface area contributed by atoms with E-state index in [0.717, 1.165) is 49.7 Å². The summed E-state index contributed by atoms with van der Waals surface area (Å²) in [5.74, 6) is 0.503. The number of aliphatic hydroxyl groups excluding tert-OH is 1. The van der Waals surface area contributed by atoms with Gasteiger partial charge in [-0.15, -0.1) is 0 Å². The molecule has 2 aromatic rings. The summed E-state index contributed by atoms with van der Waals surface area (Å²) in [5.41, 5.74) is 6.68. The molecule has 0 radical (unpaired) electrons. The summed E-state index contributed by atoms with van der Waals surface area (Å²) in [7, 11) is 0. The second-order valence-electron chi connectivity index (χ2n) is 10.5. The summed E-state index contributed by atoms with van der Waals surface area (Å²) < 4.78 is 0. The van der Waals surface area contributed by atoms with Crippen LogP contribution < -0.4 is 5.32 Å². The summed E-state index contributed by atoms with van der Waals surface area (Å²) in [5, 5.41) is 14.0. The quantitative estimate of drug-likeness (QED) is 0.461. The van der Waals surface area contributed by atoms with Crippen molar-refractivity contribution in [2.75, 3.05) is 0 Å². The van der Waals surface area contributed by atoms with Gasteiger partial charge in [0.1, 0.15) is 6.10 Å². The Morgan fingerprint density at radius 2 is 2.00 bits per heavy atom. The number of hydrogen-bond acceptors (Lipinski definition) is 3. The van der Waals surface area contributed by atoms with Crippen LogP contribution in [-0.4, -0.2) is 27.0 Å². The van der Waals surface area contributed by atoms with Crippen LogP contribution in [0.15, 0.2) is 43.3 Å². The number of carbonyl (C=O) groups is 1. The largest absolute Gasteiger partial charge is 0.385 e. The minimum Gasteiger partial charge on any atom is -0.385 e. The van der Waals surface area contributed by atoms with E-state index in [4.69, 9.17) is 0 Å². The Bertz CT molecular complexity index is 1080. The van der Waals surface area contributed by atoms with Crippen molar-refractivity contribution in [3.05, 3.63) is 71.3 Å². The third-order valence-electron chi connectivity index (χ3n) is 8.28. The van der Waals surface area contributed by atoms with Gasteiger partial charge in [-0.05, 0) is 112 Å². The van der Waals surface area contributed by atoms with Gasteiger partial charge in [0.15, 0.2) is 0 Å². The van der Waals surface area contributed by atoms with E-state index in [1.165, 1.54) is 16.8 Å². The Labute approximate surface area is 203 Å². The van der Waals surface area contributed by atoms with Crippen LogP contribution in [0.5, 0.6) is 0 Å². The fourth-order valence-corrected chi connectivity index (χ4v) is 5.74. The molecule has 2 saturated carbocycles. The molecule has 182 valence electrons. The Hall–Kier alpha value is -2.66. The lowest BCUT2D eigenvalue weighted by atomic mass is 9.83. The van der Waals surface area contributed by atoms with E-state index < -0.39 is 12.1 Å². The number of H-pyrrole nitrogens is 1. The van der Waals surface area contributed by atoms with Crippen LogP contribution in [0.1, 0.15) is 79.6 Å². The number of pyridine rings is 1. The van der Waals surface area contributed by atoms with Gasteiger partial charge in [-0.25, -0.2) is 0 Å². The van der Waals surface area contributed by atoms with E-state index in [9.17, 15) is 9.90 Å². The minimum absolute atomic E-state index is 0.00262. The molecule has 2 heterocycles. The van der Waals surface area contributed by atoms with Crippen molar-refractivity contribution < 1.29 is 9.90 Å². The highest BCUT2D eigenvalue weighted by atomic mass is 16.3. The van der Waals surface area contributed by atoms with E-state index in [-0.39, 0.29) is 17.2 Å². The molecule has 2 aromatic heterocycles. The van der Waals surface area contributed by atoms with Gasteiger partial charge in [0.25, 0.3) is 0 Å². The zero-order valence-electron chi connectivity index (χ0n) is 21.0. The summed E-state index contributed by atoms with van der Waals surface area (Å²) in [4.78, 5) is 21.2. The van der Waals surface area contributed by atoms with Crippen LogP contribution >= 0.6 is 0 Å². The molecular formula is C29H39N3O2. The van der Waals surface area contributed by atoms with Crippen LogP contribution in [0.3, 0.4) is 0 Å². The van der Waals surface area contributed by atoms with Gasteiger partial charge < -0.3 is 15.4 Å². The molecule has 4 atom stereocenters. The number of carbonyl (C=O) groups excluding carboxylic acids is 1. The van der Waals surface area contributed by atoms with Crippen molar-refractivity contribution in [3.63, 3.8) is 0 Å². The van der Waals surface area contributed by atoms with Crippen molar-refractivity contribution >= 4 is 11.5 Å². The van der Waals surface area contributed by atoms with Crippen molar-refractivity contribution in [1.82, 2.24) is 15.3 Å². The molecule has 0 aromatic carbocycles. The minimum atomic E-state index is -0.823. The van der Waals surface area contributed by atoms with E-state index in [1.807, 2.05) is 39.1 Å². The fraction of sp³-hybridized carbons (Fsp3) is 0.517. The van der Waals surface area contributed by atoms with Gasteiger partial charge in [-0.3, -0.25) is 9.78 Å². The van der Waals surface area contributed by atoms with E-state index >= 15 is 0 Å². The highest BCUT2D eigenvalue weighted by Gasteiger charge is 2.53. The van der Waals surface area contributed by atoms with E-state index in [2.05, 4.69) is 40.9 Å². The number of nitrogens with one attached hydrogen (secondary N) is 2. The maximum atomic E-state index is 13.5. The Kier molecular flexibility index (Phi) is 7.13. The average molecular weight is 462 g/mol. The molecule has 0 aliphatic heterocycles. The van der Waals surface area contributed by atoms with Gasteiger partial charge in [-0.2, -0.15) is 0 Å². The lowest BCUT2D eigenvalue weighted by Crippen LogP contribution is -2.43. The third kappa shape index (κ3) is 4.90. The smallest absolute Gasteiger partial charge is 0.223 e. The Balaban J connectivity index is 1.46. The van der Waals surface area contributed by atoms with Crippen LogP contribution in [0.25, 0.3) is 5.57 Å². The van der Waals surface area contributed by atoms with Gasteiger partial charge in [0.05, 0.1) is 11.7 Å². The number of amides is 1. The number of allylic oxidation sites excluding steroid dienone is 3. The molecule has 2 aliphatic rings. The van der Waals surface area contributed by atoms with Crippen molar-refractivity contribution in [2.45, 2.75) is 78.4 Å². The predicted octanol–water partition coefficient (Wildman–Crippen LogP) is 5.73. The molecule has 1 spiro atoms. The highest BCUT2D eigenvalue weighted by Crippen LogP contribution is 2.60. The maximum absolute atomic E-state index is 13.5. The number of nitrogens with zero attached hydrogens (tertiary/aromatic N) is 1. The highest BCUT2D eigenvalue weighted by molar-refractivity contribution is 5.80. The number of aliphatic hydroxyl groups is 1. The first-order valence-electron chi connectivity index (χ1n) is 12.6. The lowest BCUT2D eigenvalue weighted by molar-refractivity contribution is -0.129. The Morgan fingerprint density at radius 3 is 2.62 bits per heavy atom. The van der Waals surface area contributed by atoms with Crippen LogP contribution in [-0.2, 0) is 4.79 Å². The normalized spacial score (nSPS) is 23.7. The molecule has 1 unspecified atom stereocenters. The number of rotatable bonds is 7. The van der Waals surface area contributed by atoms with Gasteiger partial charge >= 0.3 is 0 Å². The number of aryl methyl sites for hydroxylation is 3. The fourth-order valence-electron chi connectivity index (χ4n) is 5.74. The standard InChI is InChI=1S/C29H39N3O2/c1-6-7-24(23-11-15-30-20(23)4)22-8-9-25(29(12-10-22)13-14-29)28(34)32-21(5)27(33)26-16-18(2)19(3)17-31-26/h6-7,11,15-17,21-22,25,27,30,33H,1,8-10,12-14H2,2-5H3,(H,32,34)/b24-7-/t21-,22?,25+,27+/m0/s1. The lowest BCUT2D eigenvalue weighted by Gasteiger charge is -2.27. The number of aromatic amines is 1. The molecule has 34 heavy (non-hydrogen) atoms. The van der Waals surface area contributed by atoms with Gasteiger partial charge in [-0.1, -0.05) is 18.7 Å². The topological polar surface area (TPSA) is 78.0 Å². The zero-order chi connectivity index (χ0) is 24.5. The van der Waals surface area contributed by atoms with Crippen molar-refractivity contribution in [2.24, 2.45) is 17.3 Å². The molecular weight excluding hydrogens is 422 g/mol. The monoisotopic (exact) mass is 461 g/mol. The van der Waals surface area contributed by atoms with E-state index in [0.29, 0.717) is 11.6 Å². The van der Waals surface area contributed by atoms with Gasteiger partial charge in [0.2, 0.25) is 5.91 Å². The molecule has 5 heteroatoms. The zero-order valence-corrected chi connectivity index (χ0v) is 21.0. The number of hydrogen-bond donors (Lipinski definition) is 3. The number of aromatic nitrogens is 2. The van der Waals surface area contributed by atoms with Crippen LogP contribution in [0.4, 0.5) is 0 Å². The average Bonchev–Trinajstić information content (AvgIpc) is 3.52. The summed E-state index contributed by atoms with van der Waals surface area (Å²) >= 11 is 0. The third-order valence-corrected chi connectivity index (χ3v) is 8.28. The molecule has 2 aliphatic carbocycles. The second-order valence-corrected chi connectivity index (χ2v) is 10.5. The predicted molar refractivity (Wildman–Crippen MR) is 137 cm³/mol. The van der Waals surface area contributed by atoms with Crippen molar-refractivity contribution in [1.29, 1.82) is 0 Å². The van der Waals surface area contributed by atoms with Crippen LogP contribution in [0.2, 0.25) is 0 Å². The molecule has 3 N–H and O–H groups in total. The van der Waals surface area contributed by atoms with Gasteiger partial charge in [0, 0.05) is 24.0 Å². The first kappa shape index (κ1) is 24.5. The molecule has 2 fully saturated rings. The summed E-state index contributed by atoms with van der Waals surface area (Å²) in [6, 6.07) is 3.67. The Morgan fingerprint density at radius 1 is 1.24 bits per heavy atom. The molecule has 0 saturated heterocycles. The van der Waals surface area contributed by atoms with Crippen molar-refractivity contribution in [3.8, 4) is 0 Å². The molecule has 5 nitrogen and oxygen atoms in total. The molecule has 0 bridgehead atoms. The first-order valence-corrected chi connectivity index (χ1v) is 12.6. The summed E-state index contributed by atoms with van der Waals surface area (Å²) in [6.45, 7) is 11.9. The molecule has 1 amide bonds. The summed E-state index contributed by atoms with van der Waals surface area (Å²) in [6.07, 6.45) is 13.3. The molecule has 4 rings (SSSR count). The maximum Gasteiger partial charge on any atom is 0.223 e. The second kappa shape index (κ2) is 9.91.